The summed E-state index contributed by atoms with van der Waals surface area (Å²) in [6.45, 7) is 2.05. The van der Waals surface area contributed by atoms with Crippen molar-refractivity contribution in [2.45, 2.75) is 6.92 Å². The number of benzene rings is 4. The van der Waals surface area contributed by atoms with Crippen LogP contribution in [-0.2, 0) is 0 Å². The maximum Gasteiger partial charge on any atom is 0.147 e. The molecule has 3 nitrogen and oxygen atoms in total. The van der Waals surface area contributed by atoms with Crippen LogP contribution in [0.25, 0.3) is 59.2 Å². The summed E-state index contributed by atoms with van der Waals surface area (Å²) in [7, 11) is 0. The molecule has 4 heteroatoms. The highest BCUT2D eigenvalue weighted by atomic mass is 32.1. The van der Waals surface area contributed by atoms with Crippen molar-refractivity contribution in [1.82, 2.24) is 14.5 Å². The Morgan fingerprint density at radius 2 is 1.55 bits per heavy atom. The van der Waals surface area contributed by atoms with Gasteiger partial charge in [0.1, 0.15) is 10.7 Å². The first-order chi connectivity index (χ1) is 16.3. The smallest absolute Gasteiger partial charge is 0.147 e. The normalized spacial score (nSPS) is 11.8. The van der Waals surface area contributed by atoms with Crippen molar-refractivity contribution in [2.24, 2.45) is 0 Å². The summed E-state index contributed by atoms with van der Waals surface area (Å²) in [5, 5.41) is 4.90. The van der Waals surface area contributed by atoms with Gasteiger partial charge in [0.15, 0.2) is 0 Å². The van der Waals surface area contributed by atoms with Gasteiger partial charge in [-0.05, 0) is 60.2 Å². The van der Waals surface area contributed by atoms with Gasteiger partial charge in [-0.15, -0.1) is 11.3 Å². The van der Waals surface area contributed by atoms with E-state index >= 15 is 0 Å². The monoisotopic (exact) mass is 441 g/mol. The molecule has 0 bridgehead atoms. The van der Waals surface area contributed by atoms with Crippen molar-refractivity contribution in [3.63, 3.8) is 0 Å². The third-order valence-electron chi connectivity index (χ3n) is 6.30. The third kappa shape index (κ3) is 2.81. The van der Waals surface area contributed by atoms with E-state index in [1.54, 1.807) is 11.3 Å². The summed E-state index contributed by atoms with van der Waals surface area (Å²) in [5.41, 5.74) is 5.39. The number of pyridine rings is 1. The molecule has 0 radical (unpaired) electrons. The molecule has 3 heterocycles. The fraction of sp³-hybridized carbons (Fsp3) is 0.0345. The van der Waals surface area contributed by atoms with E-state index in [1.807, 2.05) is 6.92 Å². The molecule has 0 unspecified atom stereocenters. The van der Waals surface area contributed by atoms with Crippen LogP contribution < -0.4 is 0 Å². The molecule has 7 rings (SSSR count). The lowest BCUT2D eigenvalue weighted by molar-refractivity contribution is 1.11. The molecule has 4 aromatic carbocycles. The molecule has 0 spiro atoms. The molecule has 7 aromatic rings. The van der Waals surface area contributed by atoms with Crippen LogP contribution in [-0.4, -0.2) is 14.5 Å². The molecule has 0 aliphatic rings. The van der Waals surface area contributed by atoms with Gasteiger partial charge >= 0.3 is 0 Å². The number of fused-ring (bicyclic) bond motifs is 5. The molecular formula is C29H19N3S. The first-order valence-electron chi connectivity index (χ1n) is 11.0. The van der Waals surface area contributed by atoms with Crippen LogP contribution in [0.4, 0.5) is 0 Å². The van der Waals surface area contributed by atoms with Crippen LogP contribution >= 0.6 is 11.3 Å². The highest BCUT2D eigenvalue weighted by Crippen LogP contribution is 2.40. The standard InChI is InChI=1S/C29H19N3S/c1-18-13-16-23-22-9-6-10-24(27(22)33-29(23)30-18)28-31-25-11-4-5-12-26(25)32(28)21-15-14-19-7-2-3-8-20(19)17-21/h2-17H,1H3. The highest BCUT2D eigenvalue weighted by molar-refractivity contribution is 7.26. The number of rotatable bonds is 2. The van der Waals surface area contributed by atoms with Crippen LogP contribution in [0.3, 0.4) is 0 Å². The lowest BCUT2D eigenvalue weighted by atomic mass is 10.1. The molecule has 0 atom stereocenters. The van der Waals surface area contributed by atoms with Crippen molar-refractivity contribution in [3.8, 4) is 17.1 Å². The summed E-state index contributed by atoms with van der Waals surface area (Å²) in [6, 6.07) is 34.3. The maximum atomic E-state index is 5.13. The van der Waals surface area contributed by atoms with E-state index in [0.717, 1.165) is 38.6 Å². The summed E-state index contributed by atoms with van der Waals surface area (Å²) in [4.78, 5) is 11.0. The number of nitrogens with zero attached hydrogens (tertiary/aromatic N) is 3. The van der Waals surface area contributed by atoms with E-state index in [1.165, 1.54) is 26.2 Å². The zero-order chi connectivity index (χ0) is 21.9. The quantitative estimate of drug-likeness (QED) is 0.273. The first-order valence-corrected chi connectivity index (χ1v) is 11.8. The lowest BCUT2D eigenvalue weighted by Crippen LogP contribution is -1.97. The van der Waals surface area contributed by atoms with Gasteiger partial charge in [-0.1, -0.05) is 54.6 Å². The van der Waals surface area contributed by atoms with Gasteiger partial charge in [0, 0.05) is 32.4 Å². The number of aromatic nitrogens is 3. The maximum absolute atomic E-state index is 5.13. The number of imidazole rings is 1. The van der Waals surface area contributed by atoms with E-state index < -0.39 is 0 Å². The zero-order valence-corrected chi connectivity index (χ0v) is 18.8. The Bertz CT molecular complexity index is 1840. The Labute approximate surface area is 194 Å². The molecule has 0 fully saturated rings. The molecule has 33 heavy (non-hydrogen) atoms. The number of para-hydroxylation sites is 2. The van der Waals surface area contributed by atoms with Crippen LogP contribution in [0, 0.1) is 6.92 Å². The molecule has 0 aliphatic heterocycles. The van der Waals surface area contributed by atoms with Crippen LogP contribution in [0.15, 0.2) is 97.1 Å². The summed E-state index contributed by atoms with van der Waals surface area (Å²) in [6.07, 6.45) is 0. The zero-order valence-electron chi connectivity index (χ0n) is 18.0. The second-order valence-corrected chi connectivity index (χ2v) is 9.38. The molecular weight excluding hydrogens is 422 g/mol. The number of aryl methyl sites for hydroxylation is 1. The van der Waals surface area contributed by atoms with Crippen LogP contribution in [0.2, 0.25) is 0 Å². The average Bonchev–Trinajstić information content (AvgIpc) is 3.41. The van der Waals surface area contributed by atoms with E-state index in [4.69, 9.17) is 9.97 Å². The number of thiophene rings is 1. The predicted octanol–water partition coefficient (Wildman–Crippen LogP) is 7.92. The fourth-order valence-corrected chi connectivity index (χ4v) is 5.96. The predicted molar refractivity (Wildman–Crippen MR) is 139 cm³/mol. The summed E-state index contributed by atoms with van der Waals surface area (Å²) in [5.74, 6) is 0.959. The van der Waals surface area contributed by atoms with Crippen molar-refractivity contribution in [1.29, 1.82) is 0 Å². The minimum Gasteiger partial charge on any atom is -0.292 e. The van der Waals surface area contributed by atoms with Crippen molar-refractivity contribution < 1.29 is 0 Å². The van der Waals surface area contributed by atoms with Crippen LogP contribution in [0.5, 0.6) is 0 Å². The van der Waals surface area contributed by atoms with Crippen molar-refractivity contribution in [2.75, 3.05) is 0 Å². The van der Waals surface area contributed by atoms with Gasteiger partial charge < -0.3 is 0 Å². The SMILES string of the molecule is Cc1ccc2c(n1)sc1c(-c3nc4ccccc4n3-c3ccc4ccccc4c3)cccc12. The summed E-state index contributed by atoms with van der Waals surface area (Å²) < 4.78 is 3.52. The number of hydrogen-bond donors (Lipinski definition) is 0. The largest absolute Gasteiger partial charge is 0.292 e. The molecule has 0 aliphatic carbocycles. The Kier molecular flexibility index (Phi) is 3.93. The molecule has 0 amide bonds. The topological polar surface area (TPSA) is 30.7 Å². The second kappa shape index (κ2) is 6.99. The minimum atomic E-state index is 0.959. The Morgan fingerprint density at radius 3 is 2.48 bits per heavy atom. The molecule has 3 aromatic heterocycles. The van der Waals surface area contributed by atoms with Gasteiger partial charge in [0.05, 0.1) is 11.0 Å². The summed E-state index contributed by atoms with van der Waals surface area (Å²) >= 11 is 1.75. The van der Waals surface area contributed by atoms with Gasteiger partial charge in [-0.25, -0.2) is 9.97 Å². The van der Waals surface area contributed by atoms with E-state index in [2.05, 4.69) is 102 Å². The van der Waals surface area contributed by atoms with E-state index in [-0.39, 0.29) is 0 Å². The minimum absolute atomic E-state index is 0.959. The highest BCUT2D eigenvalue weighted by Gasteiger charge is 2.18. The third-order valence-corrected chi connectivity index (χ3v) is 7.44. The molecule has 0 N–H and O–H groups in total. The molecule has 0 saturated heterocycles. The van der Waals surface area contributed by atoms with Gasteiger partial charge in [0.2, 0.25) is 0 Å². The molecule has 156 valence electrons. The van der Waals surface area contributed by atoms with Gasteiger partial charge in [0.25, 0.3) is 0 Å². The van der Waals surface area contributed by atoms with Gasteiger partial charge in [-0.3, -0.25) is 4.57 Å². The number of hydrogen-bond acceptors (Lipinski definition) is 3. The molecule has 0 saturated carbocycles. The average molecular weight is 442 g/mol. The Morgan fingerprint density at radius 1 is 0.697 bits per heavy atom. The van der Waals surface area contributed by atoms with Gasteiger partial charge in [-0.2, -0.15) is 0 Å². The van der Waals surface area contributed by atoms with Crippen molar-refractivity contribution >= 4 is 53.4 Å². The van der Waals surface area contributed by atoms with E-state index in [0.29, 0.717) is 0 Å². The van der Waals surface area contributed by atoms with Crippen molar-refractivity contribution in [3.05, 3.63) is 103 Å². The first kappa shape index (κ1) is 18.5. The lowest BCUT2D eigenvalue weighted by Gasteiger charge is -2.11. The van der Waals surface area contributed by atoms with Crippen LogP contribution in [0.1, 0.15) is 5.69 Å². The Hall–Kier alpha value is -4.02. The second-order valence-electron chi connectivity index (χ2n) is 8.38. The Balaban J connectivity index is 1.57. The van der Waals surface area contributed by atoms with E-state index in [9.17, 15) is 0 Å². The fourth-order valence-electron chi connectivity index (χ4n) is 4.73.